The summed E-state index contributed by atoms with van der Waals surface area (Å²) < 4.78 is 5.57. The third-order valence-corrected chi connectivity index (χ3v) is 2.61. The number of hydrogen-bond acceptors (Lipinski definition) is 3. The number of aldehydes is 1. The molecule has 78 valence electrons. The highest BCUT2D eigenvalue weighted by molar-refractivity contribution is 5.81. The fraction of sp³-hybridized carbons (Fsp3) is 0.250. The second-order valence-corrected chi connectivity index (χ2v) is 3.75. The van der Waals surface area contributed by atoms with Gasteiger partial charge in [-0.25, -0.2) is 0 Å². The zero-order valence-corrected chi connectivity index (χ0v) is 8.49. The van der Waals surface area contributed by atoms with Crippen molar-refractivity contribution in [1.82, 2.24) is 0 Å². The van der Waals surface area contributed by atoms with Crippen molar-refractivity contribution in [2.24, 2.45) is 0 Å². The highest BCUT2D eigenvalue weighted by atomic mass is 16.5. The van der Waals surface area contributed by atoms with Crippen LogP contribution in [-0.4, -0.2) is 17.5 Å². The molecule has 15 heavy (non-hydrogen) atoms. The van der Waals surface area contributed by atoms with Gasteiger partial charge in [0.15, 0.2) is 6.29 Å². The Morgan fingerprint density at radius 1 is 1.67 bits per heavy atom. The summed E-state index contributed by atoms with van der Waals surface area (Å²) in [5, 5.41) is 9.77. The van der Waals surface area contributed by atoms with E-state index in [4.69, 9.17) is 4.74 Å². The minimum absolute atomic E-state index is 0.0336. The van der Waals surface area contributed by atoms with E-state index in [1.165, 1.54) is 0 Å². The van der Waals surface area contributed by atoms with Crippen molar-refractivity contribution in [2.45, 2.75) is 19.4 Å². The van der Waals surface area contributed by atoms with Crippen LogP contribution in [0.4, 0.5) is 0 Å². The van der Waals surface area contributed by atoms with Gasteiger partial charge < -0.3 is 9.84 Å². The molecular formula is C12H12O3. The van der Waals surface area contributed by atoms with Crippen LogP contribution in [0.1, 0.15) is 22.8 Å². The van der Waals surface area contributed by atoms with E-state index in [2.05, 4.69) is 6.58 Å². The first kappa shape index (κ1) is 9.77. The highest BCUT2D eigenvalue weighted by Crippen LogP contribution is 2.38. The maximum absolute atomic E-state index is 10.6. The molecule has 1 aromatic carbocycles. The maximum atomic E-state index is 10.6. The van der Waals surface area contributed by atoms with Gasteiger partial charge in [0.2, 0.25) is 0 Å². The Labute approximate surface area is 88.0 Å². The van der Waals surface area contributed by atoms with Gasteiger partial charge in [0.1, 0.15) is 17.6 Å². The smallest absolute Gasteiger partial charge is 0.153 e. The SMILES string of the molecule is C=C(C)[C@@H]1Cc2c(ccc(C=O)c2O)O1. The normalized spacial score (nSPS) is 18.1. The van der Waals surface area contributed by atoms with Crippen molar-refractivity contribution in [2.75, 3.05) is 0 Å². The molecule has 0 unspecified atom stereocenters. The molecule has 0 saturated heterocycles. The number of phenolic OH excluding ortho intramolecular Hbond substituents is 1. The van der Waals surface area contributed by atoms with E-state index >= 15 is 0 Å². The molecule has 0 spiro atoms. The number of aromatic hydroxyl groups is 1. The molecule has 3 nitrogen and oxygen atoms in total. The van der Waals surface area contributed by atoms with E-state index in [9.17, 15) is 9.90 Å². The van der Waals surface area contributed by atoms with Crippen molar-refractivity contribution < 1.29 is 14.6 Å². The van der Waals surface area contributed by atoms with Crippen molar-refractivity contribution in [1.29, 1.82) is 0 Å². The Hall–Kier alpha value is -1.77. The minimum atomic E-state index is -0.0900. The predicted molar refractivity (Wildman–Crippen MR) is 56.4 cm³/mol. The predicted octanol–water partition coefficient (Wildman–Crippen LogP) is 2.08. The number of hydrogen-bond donors (Lipinski definition) is 1. The van der Waals surface area contributed by atoms with Crippen LogP contribution in [0, 0.1) is 0 Å². The van der Waals surface area contributed by atoms with Crippen molar-refractivity contribution >= 4 is 6.29 Å². The summed E-state index contributed by atoms with van der Waals surface area (Å²) in [4.78, 5) is 10.6. The zero-order valence-electron chi connectivity index (χ0n) is 8.49. The van der Waals surface area contributed by atoms with Gasteiger partial charge in [-0.3, -0.25) is 4.79 Å². The molecule has 1 atom stereocenters. The van der Waals surface area contributed by atoms with E-state index < -0.39 is 0 Å². The molecule has 0 aromatic heterocycles. The molecule has 0 bridgehead atoms. The topological polar surface area (TPSA) is 46.5 Å². The van der Waals surface area contributed by atoms with Crippen LogP contribution in [0.2, 0.25) is 0 Å². The zero-order chi connectivity index (χ0) is 11.0. The van der Waals surface area contributed by atoms with E-state index in [1.807, 2.05) is 6.92 Å². The van der Waals surface area contributed by atoms with Gasteiger partial charge in [-0.15, -0.1) is 0 Å². The van der Waals surface area contributed by atoms with Crippen LogP contribution in [0.15, 0.2) is 24.3 Å². The van der Waals surface area contributed by atoms with Gasteiger partial charge in [0.05, 0.1) is 5.56 Å². The molecule has 2 rings (SSSR count). The molecule has 1 aliphatic heterocycles. The van der Waals surface area contributed by atoms with E-state index in [1.54, 1.807) is 12.1 Å². The maximum Gasteiger partial charge on any atom is 0.153 e. The van der Waals surface area contributed by atoms with Gasteiger partial charge in [0, 0.05) is 12.0 Å². The Bertz CT molecular complexity index is 435. The summed E-state index contributed by atoms with van der Waals surface area (Å²) in [5.41, 5.74) is 1.92. The summed E-state index contributed by atoms with van der Waals surface area (Å²) in [6.07, 6.45) is 1.13. The van der Waals surface area contributed by atoms with Crippen LogP contribution in [-0.2, 0) is 6.42 Å². The lowest BCUT2D eigenvalue weighted by molar-refractivity contribution is 0.112. The number of fused-ring (bicyclic) bond motifs is 1. The van der Waals surface area contributed by atoms with Crippen LogP contribution in [0.5, 0.6) is 11.5 Å². The summed E-state index contributed by atoms with van der Waals surface area (Å²) in [6, 6.07) is 3.27. The van der Waals surface area contributed by atoms with E-state index in [0.29, 0.717) is 29.6 Å². The third kappa shape index (κ3) is 1.50. The van der Waals surface area contributed by atoms with Crippen LogP contribution in [0.25, 0.3) is 0 Å². The molecule has 0 amide bonds. The van der Waals surface area contributed by atoms with Crippen LogP contribution in [0.3, 0.4) is 0 Å². The Kier molecular flexibility index (Phi) is 2.23. The van der Waals surface area contributed by atoms with E-state index in [-0.39, 0.29) is 11.9 Å². The lowest BCUT2D eigenvalue weighted by Gasteiger charge is -2.08. The van der Waals surface area contributed by atoms with Crippen molar-refractivity contribution in [3.63, 3.8) is 0 Å². The number of ether oxygens (including phenoxy) is 1. The lowest BCUT2D eigenvalue weighted by Crippen LogP contribution is -2.13. The first-order valence-electron chi connectivity index (χ1n) is 4.75. The van der Waals surface area contributed by atoms with Gasteiger partial charge in [-0.1, -0.05) is 6.58 Å². The molecule has 0 aliphatic carbocycles. The second-order valence-electron chi connectivity index (χ2n) is 3.75. The lowest BCUT2D eigenvalue weighted by atomic mass is 10.0. The Morgan fingerprint density at radius 2 is 2.40 bits per heavy atom. The third-order valence-electron chi connectivity index (χ3n) is 2.61. The van der Waals surface area contributed by atoms with Gasteiger partial charge in [-0.2, -0.15) is 0 Å². The fourth-order valence-corrected chi connectivity index (χ4v) is 1.69. The summed E-state index contributed by atoms with van der Waals surface area (Å²) in [7, 11) is 0. The van der Waals surface area contributed by atoms with Crippen LogP contribution < -0.4 is 4.74 Å². The molecular weight excluding hydrogens is 192 g/mol. The first-order valence-corrected chi connectivity index (χ1v) is 4.75. The second kappa shape index (κ2) is 3.42. The number of carbonyl (C=O) groups is 1. The Balaban J connectivity index is 2.42. The molecule has 3 heteroatoms. The van der Waals surface area contributed by atoms with Gasteiger partial charge >= 0.3 is 0 Å². The minimum Gasteiger partial charge on any atom is -0.507 e. The number of carbonyl (C=O) groups excluding carboxylic acids is 1. The van der Waals surface area contributed by atoms with Crippen LogP contribution >= 0.6 is 0 Å². The standard InChI is InChI=1S/C12H12O3/c1-7(2)11-5-9-10(15-11)4-3-8(6-13)12(9)14/h3-4,6,11,14H,1,5H2,2H3/t11-/m0/s1. The monoisotopic (exact) mass is 204 g/mol. The van der Waals surface area contributed by atoms with E-state index in [0.717, 1.165) is 5.57 Å². The summed E-state index contributed by atoms with van der Waals surface area (Å²) in [5.74, 6) is 0.678. The average molecular weight is 204 g/mol. The molecule has 1 heterocycles. The molecule has 0 fully saturated rings. The quantitative estimate of drug-likeness (QED) is 0.592. The highest BCUT2D eigenvalue weighted by Gasteiger charge is 2.27. The van der Waals surface area contributed by atoms with Crippen molar-refractivity contribution in [3.8, 4) is 11.5 Å². The number of rotatable bonds is 2. The van der Waals surface area contributed by atoms with Gasteiger partial charge in [0.25, 0.3) is 0 Å². The summed E-state index contributed by atoms with van der Waals surface area (Å²) >= 11 is 0. The molecule has 0 saturated carbocycles. The largest absolute Gasteiger partial charge is 0.507 e. The molecule has 1 aliphatic rings. The molecule has 1 N–H and O–H groups in total. The van der Waals surface area contributed by atoms with Gasteiger partial charge in [-0.05, 0) is 24.6 Å². The number of phenols is 1. The Morgan fingerprint density at radius 3 is 3.00 bits per heavy atom. The van der Waals surface area contributed by atoms with Crippen molar-refractivity contribution in [3.05, 3.63) is 35.4 Å². The molecule has 1 aromatic rings. The average Bonchev–Trinajstić information content (AvgIpc) is 2.63. The number of benzene rings is 1. The molecule has 0 radical (unpaired) electrons. The fourth-order valence-electron chi connectivity index (χ4n) is 1.69. The first-order chi connectivity index (χ1) is 7.13. The summed E-state index contributed by atoms with van der Waals surface area (Å²) in [6.45, 7) is 5.70.